The van der Waals surface area contributed by atoms with Gasteiger partial charge in [-0.3, -0.25) is 4.99 Å². The van der Waals surface area contributed by atoms with Gasteiger partial charge in [-0.05, 0) is 50.4 Å². The number of guanidine groups is 1. The first-order valence-electron chi connectivity index (χ1n) is 10.1. The maximum Gasteiger partial charge on any atom is 0.191 e. The molecule has 0 aliphatic carbocycles. The fourth-order valence-corrected chi connectivity index (χ4v) is 3.33. The molecule has 0 aromatic heterocycles. The Kier molecular flexibility index (Phi) is 10.0. The molecule has 0 bridgehead atoms. The minimum absolute atomic E-state index is 0.570. The average Bonchev–Trinajstić information content (AvgIpc) is 2.70. The van der Waals surface area contributed by atoms with Crippen molar-refractivity contribution in [1.29, 1.82) is 0 Å². The predicted molar refractivity (Wildman–Crippen MR) is 112 cm³/mol. The van der Waals surface area contributed by atoms with Crippen LogP contribution < -0.4 is 15.4 Å². The summed E-state index contributed by atoms with van der Waals surface area (Å²) in [5.41, 5.74) is 1.19. The summed E-state index contributed by atoms with van der Waals surface area (Å²) in [7, 11) is 3.49. The molecule has 2 N–H and O–H groups in total. The van der Waals surface area contributed by atoms with Gasteiger partial charge in [0.1, 0.15) is 12.4 Å². The molecule has 1 unspecified atom stereocenters. The first kappa shape index (κ1) is 21.5. The molecule has 0 radical (unpaired) electrons. The fourth-order valence-electron chi connectivity index (χ4n) is 3.33. The van der Waals surface area contributed by atoms with E-state index >= 15 is 0 Å². The van der Waals surface area contributed by atoms with E-state index in [1.165, 1.54) is 31.4 Å². The van der Waals surface area contributed by atoms with Gasteiger partial charge in [-0.1, -0.05) is 18.6 Å². The van der Waals surface area contributed by atoms with Crippen LogP contribution in [0.3, 0.4) is 0 Å². The number of hydrogen-bond donors (Lipinski definition) is 2. The normalized spacial score (nSPS) is 18.3. The van der Waals surface area contributed by atoms with Crippen LogP contribution in [0.25, 0.3) is 0 Å². The third-order valence-corrected chi connectivity index (χ3v) is 5.02. The molecule has 27 heavy (non-hydrogen) atoms. The summed E-state index contributed by atoms with van der Waals surface area (Å²) in [6, 6.07) is 8.85. The number of hydrogen-bond acceptors (Lipinski definition) is 4. The summed E-state index contributed by atoms with van der Waals surface area (Å²) >= 11 is 0. The Morgan fingerprint density at radius 1 is 1.19 bits per heavy atom. The Morgan fingerprint density at radius 2 is 2.00 bits per heavy atom. The Labute approximate surface area is 164 Å². The lowest BCUT2D eigenvalue weighted by molar-refractivity contribution is 0.146. The lowest BCUT2D eigenvalue weighted by atomic mass is 10.0. The molecular weight excluding hydrogens is 340 g/mol. The quantitative estimate of drug-likeness (QED) is 0.373. The number of benzene rings is 1. The van der Waals surface area contributed by atoms with Gasteiger partial charge in [0.2, 0.25) is 0 Å². The number of nitrogens with zero attached hydrogens (tertiary/aromatic N) is 2. The molecule has 152 valence electrons. The molecule has 1 aromatic rings. The van der Waals surface area contributed by atoms with Crippen LogP contribution in [0.15, 0.2) is 29.3 Å². The van der Waals surface area contributed by atoms with E-state index < -0.39 is 0 Å². The molecule has 6 heteroatoms. The molecule has 0 spiro atoms. The molecule has 0 amide bonds. The summed E-state index contributed by atoms with van der Waals surface area (Å²) < 4.78 is 10.6. The van der Waals surface area contributed by atoms with Crippen molar-refractivity contribution >= 4 is 5.96 Å². The minimum atomic E-state index is 0.570. The SMILES string of the molecule is CN=C(NCCCN1CCCCC1C)NCc1ccc(OCCOC)cc1. The fraction of sp³-hybridized carbons (Fsp3) is 0.667. The van der Waals surface area contributed by atoms with Crippen molar-refractivity contribution in [2.45, 2.75) is 45.2 Å². The van der Waals surface area contributed by atoms with Crippen molar-refractivity contribution in [3.8, 4) is 5.75 Å². The molecule has 1 atom stereocenters. The van der Waals surface area contributed by atoms with Crippen molar-refractivity contribution < 1.29 is 9.47 Å². The zero-order chi connectivity index (χ0) is 19.3. The van der Waals surface area contributed by atoms with Gasteiger partial charge in [-0.25, -0.2) is 0 Å². The number of piperidine rings is 1. The van der Waals surface area contributed by atoms with Gasteiger partial charge < -0.3 is 25.0 Å². The highest BCUT2D eigenvalue weighted by Crippen LogP contribution is 2.16. The van der Waals surface area contributed by atoms with Crippen LogP contribution in [-0.4, -0.2) is 63.9 Å². The topological polar surface area (TPSA) is 58.1 Å². The number of nitrogens with one attached hydrogen (secondary N) is 2. The van der Waals surface area contributed by atoms with Crippen molar-refractivity contribution in [3.05, 3.63) is 29.8 Å². The van der Waals surface area contributed by atoms with Crippen LogP contribution >= 0.6 is 0 Å². The largest absolute Gasteiger partial charge is 0.491 e. The highest BCUT2D eigenvalue weighted by Gasteiger charge is 2.17. The van der Waals surface area contributed by atoms with Crippen molar-refractivity contribution in [2.75, 3.05) is 47.0 Å². The number of aliphatic imine (C=N–C) groups is 1. The third-order valence-electron chi connectivity index (χ3n) is 5.02. The van der Waals surface area contributed by atoms with Crippen LogP contribution in [-0.2, 0) is 11.3 Å². The van der Waals surface area contributed by atoms with E-state index in [1.54, 1.807) is 7.11 Å². The van der Waals surface area contributed by atoms with Crippen LogP contribution in [0, 0.1) is 0 Å². The Balaban J connectivity index is 1.63. The Hall–Kier alpha value is -1.79. The van der Waals surface area contributed by atoms with E-state index in [2.05, 4.69) is 39.6 Å². The van der Waals surface area contributed by atoms with Gasteiger partial charge >= 0.3 is 0 Å². The number of likely N-dealkylation sites (tertiary alicyclic amines) is 1. The van der Waals surface area contributed by atoms with Crippen LogP contribution in [0.2, 0.25) is 0 Å². The lowest BCUT2D eigenvalue weighted by Crippen LogP contribution is -2.41. The molecule has 1 heterocycles. The molecule has 2 rings (SSSR count). The predicted octanol–water partition coefficient (Wildman–Crippen LogP) is 2.64. The molecule has 1 aliphatic rings. The van der Waals surface area contributed by atoms with Crippen LogP contribution in [0.1, 0.15) is 38.2 Å². The highest BCUT2D eigenvalue weighted by atomic mass is 16.5. The summed E-state index contributed by atoms with van der Waals surface area (Å²) in [5, 5.41) is 6.78. The van der Waals surface area contributed by atoms with E-state index in [-0.39, 0.29) is 0 Å². The smallest absolute Gasteiger partial charge is 0.191 e. The van der Waals surface area contributed by atoms with E-state index in [0.717, 1.165) is 43.8 Å². The third kappa shape index (κ3) is 8.18. The standard InChI is InChI=1S/C21H36N4O2/c1-18-7-4-5-13-25(18)14-6-12-23-21(22-2)24-17-19-8-10-20(11-9-19)27-16-15-26-3/h8-11,18H,4-7,12-17H2,1-3H3,(H2,22,23,24). The minimum Gasteiger partial charge on any atom is -0.491 e. The maximum absolute atomic E-state index is 5.59. The van der Waals surface area contributed by atoms with Crippen molar-refractivity contribution in [3.63, 3.8) is 0 Å². The second-order valence-corrected chi connectivity index (χ2v) is 7.07. The second kappa shape index (κ2) is 12.6. The first-order chi connectivity index (χ1) is 13.2. The second-order valence-electron chi connectivity index (χ2n) is 7.07. The summed E-state index contributed by atoms with van der Waals surface area (Å²) in [6.45, 7) is 7.61. The Morgan fingerprint density at radius 3 is 2.70 bits per heavy atom. The summed E-state index contributed by atoms with van der Waals surface area (Å²) in [6.07, 6.45) is 5.20. The van der Waals surface area contributed by atoms with E-state index in [1.807, 2.05) is 19.2 Å². The highest BCUT2D eigenvalue weighted by molar-refractivity contribution is 5.79. The van der Waals surface area contributed by atoms with Crippen LogP contribution in [0.5, 0.6) is 5.75 Å². The maximum atomic E-state index is 5.59. The average molecular weight is 377 g/mol. The zero-order valence-electron chi connectivity index (χ0n) is 17.2. The van der Waals surface area contributed by atoms with Gasteiger partial charge in [0, 0.05) is 39.8 Å². The first-order valence-corrected chi connectivity index (χ1v) is 10.1. The number of methoxy groups -OCH3 is 1. The monoisotopic (exact) mass is 376 g/mol. The molecular formula is C21H36N4O2. The summed E-state index contributed by atoms with van der Waals surface area (Å²) in [4.78, 5) is 6.92. The molecule has 0 saturated carbocycles. The molecule has 1 aromatic carbocycles. The van der Waals surface area contributed by atoms with Gasteiger partial charge in [-0.15, -0.1) is 0 Å². The van der Waals surface area contributed by atoms with Crippen molar-refractivity contribution in [1.82, 2.24) is 15.5 Å². The number of ether oxygens (including phenoxy) is 2. The molecule has 1 fully saturated rings. The Bertz CT molecular complexity index is 548. The lowest BCUT2D eigenvalue weighted by Gasteiger charge is -2.33. The number of rotatable bonds is 10. The van der Waals surface area contributed by atoms with E-state index in [9.17, 15) is 0 Å². The molecule has 1 saturated heterocycles. The van der Waals surface area contributed by atoms with Gasteiger partial charge in [0.15, 0.2) is 5.96 Å². The van der Waals surface area contributed by atoms with Gasteiger partial charge in [-0.2, -0.15) is 0 Å². The van der Waals surface area contributed by atoms with Crippen LogP contribution in [0.4, 0.5) is 0 Å². The van der Waals surface area contributed by atoms with Gasteiger partial charge in [0.25, 0.3) is 0 Å². The molecule has 1 aliphatic heterocycles. The molecule has 6 nitrogen and oxygen atoms in total. The van der Waals surface area contributed by atoms with Gasteiger partial charge in [0.05, 0.1) is 6.61 Å². The van der Waals surface area contributed by atoms with E-state index in [4.69, 9.17) is 9.47 Å². The van der Waals surface area contributed by atoms with E-state index in [0.29, 0.717) is 13.2 Å². The van der Waals surface area contributed by atoms with Crippen molar-refractivity contribution in [2.24, 2.45) is 4.99 Å². The summed E-state index contributed by atoms with van der Waals surface area (Å²) in [5.74, 6) is 1.72. The zero-order valence-corrected chi connectivity index (χ0v) is 17.2.